The molecular weight excluding hydrogens is 182 g/mol. The van der Waals surface area contributed by atoms with E-state index in [0.717, 1.165) is 19.4 Å². The molecule has 1 nitrogen and oxygen atoms in total. The topological polar surface area (TPSA) is 26.0 Å². The second kappa shape index (κ2) is 4.45. The van der Waals surface area contributed by atoms with E-state index in [0.29, 0.717) is 0 Å². The Morgan fingerprint density at radius 2 is 1.73 bits per heavy atom. The minimum Gasteiger partial charge on any atom is -0.330 e. The first kappa shape index (κ1) is 10.2. The van der Waals surface area contributed by atoms with Crippen molar-refractivity contribution in [2.75, 3.05) is 6.54 Å². The average molecular weight is 199 g/mol. The summed E-state index contributed by atoms with van der Waals surface area (Å²) in [6, 6.07) is 13.3. The summed E-state index contributed by atoms with van der Waals surface area (Å²) in [5.74, 6) is 0. The van der Waals surface area contributed by atoms with E-state index in [1.54, 1.807) is 0 Å². The first-order valence-corrected chi connectivity index (χ1v) is 5.49. The van der Waals surface area contributed by atoms with Crippen LogP contribution in [0.1, 0.15) is 17.5 Å². The Balaban J connectivity index is 2.34. The first-order valence-electron chi connectivity index (χ1n) is 5.49. The van der Waals surface area contributed by atoms with E-state index in [1.165, 1.54) is 21.9 Å². The molecule has 0 saturated carbocycles. The number of hydrogen-bond donors (Lipinski definition) is 1. The van der Waals surface area contributed by atoms with Crippen molar-refractivity contribution in [3.63, 3.8) is 0 Å². The predicted molar refractivity (Wildman–Crippen MR) is 66.1 cm³/mol. The number of fused-ring (bicyclic) bond motifs is 1. The van der Waals surface area contributed by atoms with Gasteiger partial charge in [-0.25, -0.2) is 0 Å². The average Bonchev–Trinajstić information content (AvgIpc) is 2.26. The maximum absolute atomic E-state index is 5.51. The summed E-state index contributed by atoms with van der Waals surface area (Å²) in [7, 11) is 0. The molecule has 0 aliphatic rings. The molecule has 2 aromatic carbocycles. The summed E-state index contributed by atoms with van der Waals surface area (Å²) in [5, 5.41) is 2.65. The maximum Gasteiger partial charge on any atom is -0.00741 e. The normalized spacial score (nSPS) is 10.8. The van der Waals surface area contributed by atoms with Gasteiger partial charge in [0, 0.05) is 0 Å². The lowest BCUT2D eigenvalue weighted by molar-refractivity contribution is 0.833. The van der Waals surface area contributed by atoms with Gasteiger partial charge in [0.25, 0.3) is 0 Å². The second-order valence-corrected chi connectivity index (χ2v) is 4.08. The van der Waals surface area contributed by atoms with Crippen LogP contribution in [-0.4, -0.2) is 6.54 Å². The first-order chi connectivity index (χ1) is 7.29. The van der Waals surface area contributed by atoms with E-state index in [1.807, 2.05) is 0 Å². The molecule has 1 heteroatoms. The standard InChI is InChI=1S/C14H17N/c1-11-4-6-14-10-12(3-2-8-15)5-7-13(14)9-11/h4-7,9-10H,2-3,8,15H2,1H3. The van der Waals surface area contributed by atoms with Gasteiger partial charge in [0.2, 0.25) is 0 Å². The summed E-state index contributed by atoms with van der Waals surface area (Å²) in [6.45, 7) is 2.90. The Bertz CT molecular complexity index is 460. The van der Waals surface area contributed by atoms with Crippen LogP contribution in [0.2, 0.25) is 0 Å². The highest BCUT2D eigenvalue weighted by Crippen LogP contribution is 2.18. The summed E-state index contributed by atoms with van der Waals surface area (Å²) in [6.07, 6.45) is 2.15. The van der Waals surface area contributed by atoms with E-state index in [-0.39, 0.29) is 0 Å². The van der Waals surface area contributed by atoms with Gasteiger partial charge in [0.05, 0.1) is 0 Å². The molecule has 2 rings (SSSR count). The molecule has 0 unspecified atom stereocenters. The zero-order valence-corrected chi connectivity index (χ0v) is 9.16. The van der Waals surface area contributed by atoms with Gasteiger partial charge in [0.15, 0.2) is 0 Å². The SMILES string of the molecule is Cc1ccc2cc(CCCN)ccc2c1. The minimum absolute atomic E-state index is 0.770. The van der Waals surface area contributed by atoms with Gasteiger partial charge < -0.3 is 5.73 Å². The highest BCUT2D eigenvalue weighted by Gasteiger charge is 1.96. The van der Waals surface area contributed by atoms with Crippen LogP contribution in [0.5, 0.6) is 0 Å². The smallest absolute Gasteiger partial charge is 0.00741 e. The third kappa shape index (κ3) is 2.37. The van der Waals surface area contributed by atoms with Crippen LogP contribution >= 0.6 is 0 Å². The lowest BCUT2D eigenvalue weighted by atomic mass is 10.0. The zero-order chi connectivity index (χ0) is 10.7. The molecule has 0 amide bonds. The number of rotatable bonds is 3. The van der Waals surface area contributed by atoms with E-state index < -0.39 is 0 Å². The van der Waals surface area contributed by atoms with Gasteiger partial charge in [-0.05, 0) is 42.6 Å². The van der Waals surface area contributed by atoms with Crippen LogP contribution in [0, 0.1) is 6.92 Å². The Hall–Kier alpha value is -1.34. The zero-order valence-electron chi connectivity index (χ0n) is 9.16. The fourth-order valence-corrected chi connectivity index (χ4v) is 1.88. The van der Waals surface area contributed by atoms with Gasteiger partial charge in [-0.3, -0.25) is 0 Å². The molecular formula is C14H17N. The van der Waals surface area contributed by atoms with Gasteiger partial charge in [-0.15, -0.1) is 0 Å². The number of aryl methyl sites for hydroxylation is 2. The van der Waals surface area contributed by atoms with Crippen LogP contribution in [-0.2, 0) is 6.42 Å². The molecule has 2 N–H and O–H groups in total. The van der Waals surface area contributed by atoms with E-state index in [2.05, 4.69) is 43.3 Å². The number of hydrogen-bond acceptors (Lipinski definition) is 1. The summed E-state index contributed by atoms with van der Waals surface area (Å²) in [5.41, 5.74) is 8.21. The van der Waals surface area contributed by atoms with Crippen molar-refractivity contribution in [3.8, 4) is 0 Å². The van der Waals surface area contributed by atoms with Crippen molar-refractivity contribution < 1.29 is 0 Å². The molecule has 0 spiro atoms. The number of benzene rings is 2. The molecule has 0 saturated heterocycles. The highest BCUT2D eigenvalue weighted by atomic mass is 14.5. The predicted octanol–water partition coefficient (Wildman–Crippen LogP) is 3.04. The van der Waals surface area contributed by atoms with Crippen LogP contribution < -0.4 is 5.73 Å². The largest absolute Gasteiger partial charge is 0.330 e. The summed E-state index contributed by atoms with van der Waals surface area (Å²) < 4.78 is 0. The second-order valence-electron chi connectivity index (χ2n) is 4.08. The third-order valence-corrected chi connectivity index (χ3v) is 2.73. The van der Waals surface area contributed by atoms with Crippen molar-refractivity contribution >= 4 is 10.8 Å². The maximum atomic E-state index is 5.51. The van der Waals surface area contributed by atoms with Gasteiger partial charge in [-0.2, -0.15) is 0 Å². The Morgan fingerprint density at radius 3 is 2.53 bits per heavy atom. The van der Waals surface area contributed by atoms with E-state index in [4.69, 9.17) is 5.73 Å². The molecule has 0 aliphatic heterocycles. The van der Waals surface area contributed by atoms with Gasteiger partial charge >= 0.3 is 0 Å². The van der Waals surface area contributed by atoms with E-state index >= 15 is 0 Å². The Morgan fingerprint density at radius 1 is 1.00 bits per heavy atom. The highest BCUT2D eigenvalue weighted by molar-refractivity contribution is 5.83. The third-order valence-electron chi connectivity index (χ3n) is 2.73. The van der Waals surface area contributed by atoms with E-state index in [9.17, 15) is 0 Å². The van der Waals surface area contributed by atoms with Gasteiger partial charge in [0.1, 0.15) is 0 Å². The van der Waals surface area contributed by atoms with Crippen molar-refractivity contribution in [2.24, 2.45) is 5.73 Å². The molecule has 0 fully saturated rings. The minimum atomic E-state index is 0.770. The summed E-state index contributed by atoms with van der Waals surface area (Å²) >= 11 is 0. The molecule has 0 heterocycles. The van der Waals surface area contributed by atoms with Gasteiger partial charge in [-0.1, -0.05) is 42.0 Å². The Labute approximate surface area is 90.9 Å². The molecule has 2 aromatic rings. The van der Waals surface area contributed by atoms with Crippen LogP contribution in [0.3, 0.4) is 0 Å². The van der Waals surface area contributed by atoms with Crippen LogP contribution in [0.25, 0.3) is 10.8 Å². The fourth-order valence-electron chi connectivity index (χ4n) is 1.88. The molecule has 0 atom stereocenters. The quantitative estimate of drug-likeness (QED) is 0.807. The molecule has 0 radical (unpaired) electrons. The monoisotopic (exact) mass is 199 g/mol. The molecule has 15 heavy (non-hydrogen) atoms. The molecule has 78 valence electrons. The van der Waals surface area contributed by atoms with Crippen LogP contribution in [0.15, 0.2) is 36.4 Å². The molecule has 0 aromatic heterocycles. The van der Waals surface area contributed by atoms with Crippen molar-refractivity contribution in [1.29, 1.82) is 0 Å². The molecule has 0 aliphatic carbocycles. The number of nitrogens with two attached hydrogens (primary N) is 1. The molecule has 0 bridgehead atoms. The van der Waals surface area contributed by atoms with Crippen molar-refractivity contribution in [3.05, 3.63) is 47.5 Å². The lowest BCUT2D eigenvalue weighted by Gasteiger charge is -2.03. The van der Waals surface area contributed by atoms with Crippen LogP contribution in [0.4, 0.5) is 0 Å². The Kier molecular flexibility index (Phi) is 3.02. The lowest BCUT2D eigenvalue weighted by Crippen LogP contribution is -2.00. The van der Waals surface area contributed by atoms with Crippen molar-refractivity contribution in [2.45, 2.75) is 19.8 Å². The summed E-state index contributed by atoms with van der Waals surface area (Å²) in [4.78, 5) is 0. The van der Waals surface area contributed by atoms with Crippen molar-refractivity contribution in [1.82, 2.24) is 0 Å². The fraction of sp³-hybridized carbons (Fsp3) is 0.286.